The Hall–Kier alpha value is -2.11. The molecule has 1 fully saturated rings. The second-order valence-electron chi connectivity index (χ2n) is 4.94. The van der Waals surface area contributed by atoms with Crippen molar-refractivity contribution in [1.82, 2.24) is 4.90 Å². The van der Waals surface area contributed by atoms with Gasteiger partial charge in [0.1, 0.15) is 17.6 Å². The molecule has 1 amide bonds. The van der Waals surface area contributed by atoms with Crippen LogP contribution >= 0.6 is 0 Å². The van der Waals surface area contributed by atoms with Crippen LogP contribution in [0.1, 0.15) is 31.4 Å². The number of carbonyl (C=O) groups is 2. The van der Waals surface area contributed by atoms with Gasteiger partial charge in [0.2, 0.25) is 5.91 Å². The predicted octanol–water partition coefficient (Wildman–Crippen LogP) is 2.06. The highest BCUT2D eigenvalue weighted by Crippen LogP contribution is 2.35. The van der Waals surface area contributed by atoms with E-state index < -0.39 is 23.9 Å². The van der Waals surface area contributed by atoms with Gasteiger partial charge < -0.3 is 14.4 Å². The summed E-state index contributed by atoms with van der Waals surface area (Å²) < 4.78 is 23.2. The summed E-state index contributed by atoms with van der Waals surface area (Å²) in [6.45, 7) is 1.79. The third-order valence-corrected chi connectivity index (χ3v) is 3.79. The Labute approximate surface area is 122 Å². The number of hydrogen-bond acceptors (Lipinski definition) is 4. The minimum absolute atomic E-state index is 0.121. The van der Waals surface area contributed by atoms with Crippen molar-refractivity contribution in [2.75, 3.05) is 14.2 Å². The van der Waals surface area contributed by atoms with E-state index in [1.54, 1.807) is 13.0 Å². The minimum Gasteiger partial charge on any atom is -0.496 e. The highest BCUT2D eigenvalue weighted by Gasteiger charge is 2.40. The van der Waals surface area contributed by atoms with Gasteiger partial charge in [-0.15, -0.1) is 0 Å². The summed E-state index contributed by atoms with van der Waals surface area (Å²) in [5, 5.41) is 0. The zero-order chi connectivity index (χ0) is 15.6. The molecule has 1 aliphatic heterocycles. The normalized spacial score (nSPS) is 19.5. The molecular weight excluding hydrogens is 277 g/mol. The van der Waals surface area contributed by atoms with Crippen molar-refractivity contribution in [3.05, 3.63) is 29.6 Å². The van der Waals surface area contributed by atoms with Crippen molar-refractivity contribution in [1.29, 1.82) is 0 Å². The number of benzene rings is 1. The molecule has 114 valence electrons. The average Bonchev–Trinajstić information content (AvgIpc) is 2.87. The lowest BCUT2D eigenvalue weighted by Gasteiger charge is -2.30. The number of carbonyl (C=O) groups excluding carboxylic acids is 2. The molecule has 5 nitrogen and oxygen atoms in total. The van der Waals surface area contributed by atoms with Crippen LogP contribution in [-0.2, 0) is 14.3 Å². The number of halogens is 1. The third-order valence-electron chi connectivity index (χ3n) is 3.79. The Kier molecular flexibility index (Phi) is 4.45. The number of nitrogens with zero attached hydrogens (tertiary/aromatic N) is 1. The van der Waals surface area contributed by atoms with Gasteiger partial charge in [0, 0.05) is 18.1 Å². The van der Waals surface area contributed by atoms with E-state index in [9.17, 15) is 14.0 Å². The van der Waals surface area contributed by atoms with Gasteiger partial charge in [-0.1, -0.05) is 6.07 Å². The number of hydrogen-bond donors (Lipinski definition) is 0. The van der Waals surface area contributed by atoms with E-state index in [1.165, 1.54) is 31.3 Å². The van der Waals surface area contributed by atoms with Crippen LogP contribution in [-0.4, -0.2) is 37.0 Å². The maximum Gasteiger partial charge on any atom is 0.328 e. The number of methoxy groups -OCH3 is 2. The van der Waals surface area contributed by atoms with Crippen LogP contribution in [0.3, 0.4) is 0 Å². The van der Waals surface area contributed by atoms with Gasteiger partial charge >= 0.3 is 5.97 Å². The van der Waals surface area contributed by atoms with E-state index in [1.807, 2.05) is 0 Å². The summed E-state index contributed by atoms with van der Waals surface area (Å²) in [7, 11) is 2.74. The van der Waals surface area contributed by atoms with Gasteiger partial charge in [-0.05, 0) is 19.4 Å². The second kappa shape index (κ2) is 6.11. The second-order valence-corrected chi connectivity index (χ2v) is 4.94. The molecule has 2 rings (SSSR count). The van der Waals surface area contributed by atoms with Gasteiger partial charge in [-0.3, -0.25) is 4.79 Å². The quantitative estimate of drug-likeness (QED) is 0.798. The van der Waals surface area contributed by atoms with Crippen LogP contribution < -0.4 is 4.74 Å². The molecular formula is C15H18FNO4. The molecule has 6 heteroatoms. The molecule has 0 radical (unpaired) electrons. The molecule has 2 unspecified atom stereocenters. The number of rotatable bonds is 4. The maximum atomic E-state index is 13.3. The van der Waals surface area contributed by atoms with E-state index in [0.717, 1.165) is 0 Å². The first-order valence-corrected chi connectivity index (χ1v) is 6.72. The van der Waals surface area contributed by atoms with Gasteiger partial charge in [0.15, 0.2) is 0 Å². The smallest absolute Gasteiger partial charge is 0.328 e. The summed E-state index contributed by atoms with van der Waals surface area (Å²) in [5.41, 5.74) is 0.656. The van der Waals surface area contributed by atoms with Crippen molar-refractivity contribution < 1.29 is 23.5 Å². The molecule has 1 aromatic carbocycles. The molecule has 2 atom stereocenters. The van der Waals surface area contributed by atoms with Crippen molar-refractivity contribution in [3.8, 4) is 5.75 Å². The first kappa shape index (κ1) is 15.3. The van der Waals surface area contributed by atoms with E-state index in [2.05, 4.69) is 0 Å². The number of ether oxygens (including phenoxy) is 2. The summed E-state index contributed by atoms with van der Waals surface area (Å²) in [4.78, 5) is 25.4. The van der Waals surface area contributed by atoms with E-state index in [-0.39, 0.29) is 5.91 Å². The van der Waals surface area contributed by atoms with Crippen molar-refractivity contribution in [2.45, 2.75) is 31.8 Å². The fraction of sp³-hybridized carbons (Fsp3) is 0.467. The topological polar surface area (TPSA) is 55.8 Å². The SMILES string of the molecule is COC(=O)C1CCC(=O)N1C(C)c1ccc(F)cc1OC. The van der Waals surface area contributed by atoms with E-state index in [4.69, 9.17) is 9.47 Å². The summed E-state index contributed by atoms with van der Waals surface area (Å²) in [6, 6.07) is 3.13. The monoisotopic (exact) mass is 295 g/mol. The molecule has 1 saturated heterocycles. The standard InChI is InChI=1S/C15H18FNO4/c1-9(11-5-4-10(16)8-13(11)20-2)17-12(15(19)21-3)6-7-14(17)18/h4-5,8-9,12H,6-7H2,1-3H3. The lowest BCUT2D eigenvalue weighted by atomic mass is 10.0. The largest absolute Gasteiger partial charge is 0.496 e. The average molecular weight is 295 g/mol. The highest BCUT2D eigenvalue weighted by molar-refractivity contribution is 5.88. The molecule has 1 heterocycles. The van der Waals surface area contributed by atoms with Crippen LogP contribution in [0.4, 0.5) is 4.39 Å². The van der Waals surface area contributed by atoms with Crippen molar-refractivity contribution in [2.24, 2.45) is 0 Å². The summed E-state index contributed by atoms with van der Waals surface area (Å²) in [5.74, 6) is -0.621. The highest BCUT2D eigenvalue weighted by atomic mass is 19.1. The molecule has 1 aromatic rings. The first-order chi connectivity index (χ1) is 9.99. The van der Waals surface area contributed by atoms with Crippen LogP contribution in [0.25, 0.3) is 0 Å². The molecule has 0 saturated carbocycles. The van der Waals surface area contributed by atoms with E-state index in [0.29, 0.717) is 24.2 Å². The Bertz CT molecular complexity index is 561. The lowest BCUT2D eigenvalue weighted by Crippen LogP contribution is -2.41. The van der Waals surface area contributed by atoms with Crippen LogP contribution in [0.2, 0.25) is 0 Å². The predicted molar refractivity (Wildman–Crippen MR) is 73.3 cm³/mol. The third kappa shape index (κ3) is 2.84. The van der Waals surface area contributed by atoms with Gasteiger partial charge in [-0.25, -0.2) is 9.18 Å². The summed E-state index contributed by atoms with van der Waals surface area (Å²) >= 11 is 0. The van der Waals surface area contributed by atoms with Crippen molar-refractivity contribution >= 4 is 11.9 Å². The van der Waals surface area contributed by atoms with Gasteiger partial charge in [0.05, 0.1) is 20.3 Å². The molecule has 0 aromatic heterocycles. The fourth-order valence-electron chi connectivity index (χ4n) is 2.74. The van der Waals surface area contributed by atoms with Crippen LogP contribution in [0.15, 0.2) is 18.2 Å². The Balaban J connectivity index is 2.35. The molecule has 0 N–H and O–H groups in total. The molecule has 0 spiro atoms. The van der Waals surface area contributed by atoms with Gasteiger partial charge in [-0.2, -0.15) is 0 Å². The van der Waals surface area contributed by atoms with Crippen LogP contribution in [0.5, 0.6) is 5.75 Å². The minimum atomic E-state index is -0.604. The lowest BCUT2D eigenvalue weighted by molar-refractivity contribution is -0.150. The molecule has 21 heavy (non-hydrogen) atoms. The fourth-order valence-corrected chi connectivity index (χ4v) is 2.74. The molecule has 0 bridgehead atoms. The number of esters is 1. The molecule has 0 aliphatic carbocycles. The van der Waals surface area contributed by atoms with E-state index >= 15 is 0 Å². The Morgan fingerprint density at radius 3 is 2.76 bits per heavy atom. The number of likely N-dealkylation sites (tertiary alicyclic amines) is 1. The van der Waals surface area contributed by atoms with Crippen LogP contribution in [0, 0.1) is 5.82 Å². The zero-order valence-corrected chi connectivity index (χ0v) is 12.3. The molecule has 1 aliphatic rings. The first-order valence-electron chi connectivity index (χ1n) is 6.72. The van der Waals surface area contributed by atoms with Crippen molar-refractivity contribution in [3.63, 3.8) is 0 Å². The number of amides is 1. The Morgan fingerprint density at radius 1 is 1.43 bits per heavy atom. The van der Waals surface area contributed by atoms with Gasteiger partial charge in [0.25, 0.3) is 0 Å². The maximum absolute atomic E-state index is 13.3. The summed E-state index contributed by atoms with van der Waals surface area (Å²) in [6.07, 6.45) is 0.729. The zero-order valence-electron chi connectivity index (χ0n) is 12.3. The Morgan fingerprint density at radius 2 is 2.14 bits per heavy atom.